The van der Waals surface area contributed by atoms with E-state index >= 15 is 0 Å². The summed E-state index contributed by atoms with van der Waals surface area (Å²) in [6.07, 6.45) is 1.35. The molecule has 0 saturated heterocycles. The number of halogens is 1. The number of rotatable bonds is 8. The van der Waals surface area contributed by atoms with Crippen molar-refractivity contribution in [2.75, 3.05) is 20.8 Å². The van der Waals surface area contributed by atoms with E-state index in [1.54, 1.807) is 43.5 Å². The van der Waals surface area contributed by atoms with Crippen LogP contribution in [0.15, 0.2) is 41.5 Å². The molecule has 0 saturated carbocycles. The Kier molecular flexibility index (Phi) is 8.29. The molecule has 0 aliphatic rings. The number of hydrogen-bond donors (Lipinski definition) is 2. The van der Waals surface area contributed by atoms with Crippen LogP contribution in [0.3, 0.4) is 0 Å². The van der Waals surface area contributed by atoms with Crippen molar-refractivity contribution in [2.24, 2.45) is 5.10 Å². The molecule has 0 fully saturated rings. The average molecular weight is 420 g/mol. The van der Waals surface area contributed by atoms with Crippen LogP contribution in [0.25, 0.3) is 0 Å². The normalized spacial score (nSPS) is 10.5. The van der Waals surface area contributed by atoms with Gasteiger partial charge < -0.3 is 19.5 Å². The van der Waals surface area contributed by atoms with Crippen molar-refractivity contribution >= 4 is 29.6 Å². The van der Waals surface area contributed by atoms with E-state index in [-0.39, 0.29) is 6.54 Å². The van der Waals surface area contributed by atoms with Crippen LogP contribution in [0.2, 0.25) is 5.02 Å². The summed E-state index contributed by atoms with van der Waals surface area (Å²) >= 11 is 6.15. The molecule has 0 bridgehead atoms. The Morgan fingerprint density at radius 1 is 1.10 bits per heavy atom. The molecule has 0 aromatic heterocycles. The number of methoxy groups -OCH3 is 2. The number of hydrazone groups is 1. The molecule has 29 heavy (non-hydrogen) atoms. The number of nitrogens with zero attached hydrogens (tertiary/aromatic N) is 1. The van der Waals surface area contributed by atoms with Crippen molar-refractivity contribution in [1.82, 2.24) is 10.7 Å². The highest BCUT2D eigenvalue weighted by atomic mass is 35.5. The first-order valence-corrected chi connectivity index (χ1v) is 9.10. The average Bonchev–Trinajstić information content (AvgIpc) is 2.72. The first kappa shape index (κ1) is 22.0. The molecule has 0 heterocycles. The van der Waals surface area contributed by atoms with Crippen LogP contribution >= 0.6 is 11.6 Å². The molecule has 0 spiro atoms. The molecule has 2 aromatic rings. The molecule has 2 aromatic carbocycles. The van der Waals surface area contributed by atoms with Gasteiger partial charge in [0.1, 0.15) is 5.75 Å². The molecule has 2 amide bonds. The lowest BCUT2D eigenvalue weighted by atomic mass is 10.2. The van der Waals surface area contributed by atoms with Crippen LogP contribution in [-0.4, -0.2) is 38.9 Å². The van der Waals surface area contributed by atoms with E-state index in [1.165, 1.54) is 13.3 Å². The zero-order valence-corrected chi connectivity index (χ0v) is 17.1. The van der Waals surface area contributed by atoms with Crippen LogP contribution in [0.1, 0.15) is 18.1 Å². The summed E-state index contributed by atoms with van der Waals surface area (Å²) in [5, 5.41) is 6.63. The third kappa shape index (κ3) is 6.39. The number of hydrogen-bond acceptors (Lipinski definition) is 6. The highest BCUT2D eigenvalue weighted by molar-refractivity contribution is 6.35. The number of carbonyl (C=O) groups excluding carboxylic acids is 2. The lowest BCUT2D eigenvalue weighted by Crippen LogP contribution is -2.37. The third-order valence-corrected chi connectivity index (χ3v) is 4.01. The van der Waals surface area contributed by atoms with Crippen molar-refractivity contribution in [2.45, 2.75) is 13.5 Å². The number of amides is 2. The van der Waals surface area contributed by atoms with Crippen molar-refractivity contribution in [1.29, 1.82) is 0 Å². The highest BCUT2D eigenvalue weighted by Gasteiger charge is 2.13. The zero-order valence-electron chi connectivity index (χ0n) is 16.3. The van der Waals surface area contributed by atoms with Crippen molar-refractivity contribution < 1.29 is 23.8 Å². The van der Waals surface area contributed by atoms with Gasteiger partial charge in [0.05, 0.1) is 32.1 Å². The van der Waals surface area contributed by atoms with E-state index in [0.717, 1.165) is 5.56 Å². The Morgan fingerprint density at radius 3 is 2.45 bits per heavy atom. The lowest BCUT2D eigenvalue weighted by molar-refractivity contribution is -0.139. The lowest BCUT2D eigenvalue weighted by Gasteiger charge is -2.11. The van der Waals surface area contributed by atoms with Crippen LogP contribution < -0.4 is 25.0 Å². The van der Waals surface area contributed by atoms with E-state index in [9.17, 15) is 9.59 Å². The molecule has 8 nitrogen and oxygen atoms in total. The molecule has 0 aliphatic heterocycles. The van der Waals surface area contributed by atoms with Gasteiger partial charge in [-0.05, 0) is 42.3 Å². The second-order valence-electron chi connectivity index (χ2n) is 5.70. The van der Waals surface area contributed by atoms with E-state index < -0.39 is 11.8 Å². The zero-order chi connectivity index (χ0) is 21.2. The van der Waals surface area contributed by atoms with Gasteiger partial charge in [0.25, 0.3) is 0 Å². The fourth-order valence-electron chi connectivity index (χ4n) is 2.35. The van der Waals surface area contributed by atoms with E-state index in [1.807, 2.05) is 6.92 Å². The minimum Gasteiger partial charge on any atom is -0.497 e. The molecule has 9 heteroatoms. The predicted octanol–water partition coefficient (Wildman–Crippen LogP) is 2.52. The summed E-state index contributed by atoms with van der Waals surface area (Å²) in [5.74, 6) is -0.126. The first-order chi connectivity index (χ1) is 14.0. The molecule has 2 N–H and O–H groups in total. The maximum Gasteiger partial charge on any atom is 0.329 e. The van der Waals surface area contributed by atoms with Crippen LogP contribution in [0.5, 0.6) is 17.2 Å². The Labute approximate surface area is 173 Å². The van der Waals surface area contributed by atoms with Crippen molar-refractivity contribution in [3.63, 3.8) is 0 Å². The number of benzene rings is 2. The Hall–Kier alpha value is -3.26. The maximum absolute atomic E-state index is 11.9. The maximum atomic E-state index is 11.9. The quantitative estimate of drug-likeness (QED) is 0.389. The SMILES string of the molecule is CCOc1cc(/C=N\NC(=O)C(=O)NCc2ccc(OC)cc2)cc(Cl)c1OC. The van der Waals surface area contributed by atoms with Crippen LogP contribution in [-0.2, 0) is 16.1 Å². The Bertz CT molecular complexity index is 884. The minimum absolute atomic E-state index is 0.200. The molecule has 0 aliphatic carbocycles. The van der Waals surface area contributed by atoms with E-state index in [2.05, 4.69) is 15.8 Å². The number of nitrogens with one attached hydrogen (secondary N) is 2. The molecular weight excluding hydrogens is 398 g/mol. The van der Waals surface area contributed by atoms with Crippen LogP contribution in [0.4, 0.5) is 0 Å². The van der Waals surface area contributed by atoms with E-state index in [0.29, 0.717) is 34.4 Å². The second-order valence-corrected chi connectivity index (χ2v) is 6.10. The largest absolute Gasteiger partial charge is 0.497 e. The molecular formula is C20H22ClN3O5. The monoisotopic (exact) mass is 419 g/mol. The van der Waals surface area contributed by atoms with Gasteiger partial charge >= 0.3 is 11.8 Å². The summed E-state index contributed by atoms with van der Waals surface area (Å²) in [4.78, 5) is 23.7. The molecule has 0 radical (unpaired) electrons. The molecule has 0 atom stereocenters. The molecule has 0 unspecified atom stereocenters. The standard InChI is InChI=1S/C20H22ClN3O5/c1-4-29-17-10-14(9-16(21)18(17)28-3)12-23-24-20(26)19(25)22-11-13-5-7-15(27-2)8-6-13/h5-10,12H,4,11H2,1-3H3,(H,22,25)(H,24,26)/b23-12-. The summed E-state index contributed by atoms with van der Waals surface area (Å²) < 4.78 is 15.7. The summed E-state index contributed by atoms with van der Waals surface area (Å²) in [6.45, 7) is 2.46. The second kappa shape index (κ2) is 10.9. The smallest absolute Gasteiger partial charge is 0.329 e. The van der Waals surface area contributed by atoms with E-state index in [4.69, 9.17) is 25.8 Å². The van der Waals surface area contributed by atoms with Crippen LogP contribution in [0, 0.1) is 0 Å². The Morgan fingerprint density at radius 2 is 1.83 bits per heavy atom. The first-order valence-electron chi connectivity index (χ1n) is 8.73. The van der Waals surface area contributed by atoms with Gasteiger partial charge in [-0.1, -0.05) is 23.7 Å². The van der Waals surface area contributed by atoms with Gasteiger partial charge in [-0.25, -0.2) is 5.43 Å². The fourth-order valence-corrected chi connectivity index (χ4v) is 2.64. The summed E-state index contributed by atoms with van der Waals surface area (Å²) in [7, 11) is 3.06. The summed E-state index contributed by atoms with van der Waals surface area (Å²) in [6, 6.07) is 10.4. The molecule has 2 rings (SSSR count). The van der Waals surface area contributed by atoms with Crippen molar-refractivity contribution in [3.05, 3.63) is 52.5 Å². The van der Waals surface area contributed by atoms with Gasteiger partial charge in [-0.3, -0.25) is 9.59 Å². The van der Waals surface area contributed by atoms with Gasteiger partial charge in [-0.2, -0.15) is 5.10 Å². The fraction of sp³-hybridized carbons (Fsp3) is 0.250. The summed E-state index contributed by atoms with van der Waals surface area (Å²) in [5.41, 5.74) is 3.56. The molecule has 154 valence electrons. The van der Waals surface area contributed by atoms with Gasteiger partial charge in [0.15, 0.2) is 11.5 Å². The van der Waals surface area contributed by atoms with Gasteiger partial charge in [-0.15, -0.1) is 0 Å². The Balaban J connectivity index is 1.91. The third-order valence-electron chi connectivity index (χ3n) is 3.73. The number of ether oxygens (including phenoxy) is 3. The number of carbonyl (C=O) groups is 2. The predicted molar refractivity (Wildman–Crippen MR) is 110 cm³/mol. The van der Waals surface area contributed by atoms with Crippen molar-refractivity contribution in [3.8, 4) is 17.2 Å². The minimum atomic E-state index is -0.889. The van der Waals surface area contributed by atoms with Gasteiger partial charge in [0.2, 0.25) is 0 Å². The highest BCUT2D eigenvalue weighted by Crippen LogP contribution is 2.35. The topological polar surface area (TPSA) is 98.2 Å². The van der Waals surface area contributed by atoms with Gasteiger partial charge in [0, 0.05) is 6.54 Å².